The predicted octanol–water partition coefficient (Wildman–Crippen LogP) is 4.41. The van der Waals surface area contributed by atoms with Gasteiger partial charge in [0.2, 0.25) is 0 Å². The van der Waals surface area contributed by atoms with Gasteiger partial charge in [-0.2, -0.15) is 0 Å². The highest BCUT2D eigenvalue weighted by Gasteiger charge is 1.93. The van der Waals surface area contributed by atoms with E-state index in [1.165, 1.54) is 57.8 Å². The Morgan fingerprint density at radius 2 is 1.18 bits per heavy atom. The van der Waals surface area contributed by atoms with Gasteiger partial charge in [-0.05, 0) is 6.42 Å². The summed E-state index contributed by atoms with van der Waals surface area (Å²) in [7, 11) is 0. The summed E-state index contributed by atoms with van der Waals surface area (Å²) in [6, 6.07) is 0. The molecular weight excluding hydrogens is 216 g/mol. The molecule has 0 saturated carbocycles. The Labute approximate surface area is 106 Å². The Morgan fingerprint density at radius 1 is 0.647 bits per heavy atom. The van der Waals surface area contributed by atoms with E-state index in [2.05, 4.69) is 11.8 Å². The summed E-state index contributed by atoms with van der Waals surface area (Å²) < 4.78 is 5.26. The average molecular weight is 246 g/mol. The molecule has 0 radical (unpaired) electrons. The standard InChI is InChI=1S/C14H30O3/c1-2-3-4-5-6-7-8-9-10-11-12-16-13-14-17-15/h15H,2-14H2,1H3. The van der Waals surface area contributed by atoms with Gasteiger partial charge >= 0.3 is 0 Å². The van der Waals surface area contributed by atoms with Gasteiger partial charge in [-0.3, -0.25) is 5.26 Å². The van der Waals surface area contributed by atoms with Crippen LogP contribution in [-0.4, -0.2) is 25.1 Å². The summed E-state index contributed by atoms with van der Waals surface area (Å²) in [6.45, 7) is 3.82. The Balaban J connectivity index is 2.85. The second kappa shape index (κ2) is 15.9. The van der Waals surface area contributed by atoms with Crippen LogP contribution in [0.3, 0.4) is 0 Å². The van der Waals surface area contributed by atoms with Crippen molar-refractivity contribution in [2.45, 2.75) is 71.1 Å². The maximum atomic E-state index is 8.06. The van der Waals surface area contributed by atoms with E-state index in [-0.39, 0.29) is 6.61 Å². The first kappa shape index (κ1) is 16.9. The van der Waals surface area contributed by atoms with E-state index in [9.17, 15) is 0 Å². The summed E-state index contributed by atoms with van der Waals surface area (Å²) in [5, 5.41) is 8.06. The van der Waals surface area contributed by atoms with E-state index < -0.39 is 0 Å². The first-order valence-corrected chi connectivity index (χ1v) is 7.26. The van der Waals surface area contributed by atoms with Gasteiger partial charge in [-0.1, -0.05) is 64.7 Å². The summed E-state index contributed by atoms with van der Waals surface area (Å²) >= 11 is 0. The van der Waals surface area contributed by atoms with Crippen LogP contribution >= 0.6 is 0 Å². The number of hydrogen-bond acceptors (Lipinski definition) is 3. The SMILES string of the molecule is CCCCCCCCCCCCOCCOO. The second-order valence-corrected chi connectivity index (χ2v) is 4.63. The molecular formula is C14H30O3. The van der Waals surface area contributed by atoms with Crippen LogP contribution in [-0.2, 0) is 9.62 Å². The highest BCUT2D eigenvalue weighted by atomic mass is 17.1. The van der Waals surface area contributed by atoms with E-state index in [1.54, 1.807) is 0 Å². The molecule has 0 aromatic heterocycles. The number of hydrogen-bond donors (Lipinski definition) is 1. The molecule has 104 valence electrons. The van der Waals surface area contributed by atoms with E-state index >= 15 is 0 Å². The van der Waals surface area contributed by atoms with Gasteiger partial charge in [-0.25, -0.2) is 4.89 Å². The summed E-state index contributed by atoms with van der Waals surface area (Å²) in [6.07, 6.45) is 13.4. The number of unbranched alkanes of at least 4 members (excludes halogenated alkanes) is 9. The van der Waals surface area contributed by atoms with Gasteiger partial charge in [0.15, 0.2) is 0 Å². The van der Waals surface area contributed by atoms with Crippen molar-refractivity contribution in [2.75, 3.05) is 19.8 Å². The van der Waals surface area contributed by atoms with Crippen LogP contribution in [0.15, 0.2) is 0 Å². The van der Waals surface area contributed by atoms with Crippen molar-refractivity contribution in [3.8, 4) is 0 Å². The van der Waals surface area contributed by atoms with E-state index in [0.717, 1.165) is 13.0 Å². The molecule has 0 aliphatic carbocycles. The third-order valence-corrected chi connectivity index (χ3v) is 2.96. The number of ether oxygens (including phenoxy) is 1. The summed E-state index contributed by atoms with van der Waals surface area (Å²) in [4.78, 5) is 3.92. The first-order valence-electron chi connectivity index (χ1n) is 7.26. The lowest BCUT2D eigenvalue weighted by molar-refractivity contribution is -0.249. The van der Waals surface area contributed by atoms with Crippen molar-refractivity contribution in [1.82, 2.24) is 0 Å². The van der Waals surface area contributed by atoms with Crippen molar-refractivity contribution in [3.63, 3.8) is 0 Å². The molecule has 0 saturated heterocycles. The van der Waals surface area contributed by atoms with Crippen LogP contribution < -0.4 is 0 Å². The van der Waals surface area contributed by atoms with Crippen molar-refractivity contribution in [3.05, 3.63) is 0 Å². The van der Waals surface area contributed by atoms with Crippen LogP contribution in [0.5, 0.6) is 0 Å². The Hall–Kier alpha value is -0.120. The lowest BCUT2D eigenvalue weighted by atomic mass is 10.1. The Bertz CT molecular complexity index is 115. The van der Waals surface area contributed by atoms with Crippen LogP contribution in [0.1, 0.15) is 71.1 Å². The molecule has 0 bridgehead atoms. The second-order valence-electron chi connectivity index (χ2n) is 4.63. The fourth-order valence-corrected chi connectivity index (χ4v) is 1.89. The molecule has 0 aliphatic heterocycles. The Morgan fingerprint density at radius 3 is 1.71 bits per heavy atom. The highest BCUT2D eigenvalue weighted by molar-refractivity contribution is 4.47. The minimum absolute atomic E-state index is 0.276. The smallest absolute Gasteiger partial charge is 0.105 e. The molecule has 0 heterocycles. The molecule has 17 heavy (non-hydrogen) atoms. The normalized spacial score (nSPS) is 10.9. The minimum Gasteiger partial charge on any atom is -0.379 e. The molecule has 0 fully saturated rings. The quantitative estimate of drug-likeness (QED) is 0.280. The average Bonchev–Trinajstić information content (AvgIpc) is 2.35. The van der Waals surface area contributed by atoms with Crippen LogP contribution in [0.4, 0.5) is 0 Å². The van der Waals surface area contributed by atoms with E-state index in [1.807, 2.05) is 0 Å². The van der Waals surface area contributed by atoms with Crippen molar-refractivity contribution >= 4 is 0 Å². The zero-order valence-corrected chi connectivity index (χ0v) is 11.5. The van der Waals surface area contributed by atoms with Gasteiger partial charge < -0.3 is 4.74 Å². The lowest BCUT2D eigenvalue weighted by Crippen LogP contribution is -2.03. The molecule has 0 aliphatic rings. The maximum absolute atomic E-state index is 8.06. The number of rotatable bonds is 14. The van der Waals surface area contributed by atoms with Gasteiger partial charge in [0.25, 0.3) is 0 Å². The van der Waals surface area contributed by atoms with E-state index in [0.29, 0.717) is 6.61 Å². The molecule has 3 heteroatoms. The minimum atomic E-state index is 0.276. The van der Waals surface area contributed by atoms with Gasteiger partial charge in [0.05, 0.1) is 6.61 Å². The predicted molar refractivity (Wildman–Crippen MR) is 71.2 cm³/mol. The topological polar surface area (TPSA) is 38.7 Å². The van der Waals surface area contributed by atoms with Crippen LogP contribution in [0.2, 0.25) is 0 Å². The van der Waals surface area contributed by atoms with Gasteiger partial charge in [0.1, 0.15) is 6.61 Å². The molecule has 0 unspecified atom stereocenters. The van der Waals surface area contributed by atoms with Crippen molar-refractivity contribution < 1.29 is 14.9 Å². The van der Waals surface area contributed by atoms with Crippen molar-refractivity contribution in [1.29, 1.82) is 0 Å². The summed E-state index contributed by atoms with van der Waals surface area (Å²) in [5.41, 5.74) is 0. The molecule has 1 N–H and O–H groups in total. The van der Waals surface area contributed by atoms with E-state index in [4.69, 9.17) is 9.99 Å². The monoisotopic (exact) mass is 246 g/mol. The third-order valence-electron chi connectivity index (χ3n) is 2.96. The zero-order chi connectivity index (χ0) is 12.6. The van der Waals surface area contributed by atoms with Crippen molar-refractivity contribution in [2.24, 2.45) is 0 Å². The molecule has 0 spiro atoms. The fourth-order valence-electron chi connectivity index (χ4n) is 1.89. The fraction of sp³-hybridized carbons (Fsp3) is 1.00. The molecule has 0 aromatic carbocycles. The molecule has 0 amide bonds. The molecule has 3 nitrogen and oxygen atoms in total. The summed E-state index contributed by atoms with van der Waals surface area (Å²) in [5.74, 6) is 0. The Kier molecular flexibility index (Phi) is 15.8. The molecule has 0 atom stereocenters. The largest absolute Gasteiger partial charge is 0.379 e. The van der Waals surface area contributed by atoms with Crippen LogP contribution in [0.25, 0.3) is 0 Å². The third kappa shape index (κ3) is 15.9. The lowest BCUT2D eigenvalue weighted by Gasteiger charge is -2.03. The first-order chi connectivity index (χ1) is 8.41. The van der Waals surface area contributed by atoms with Gasteiger partial charge in [0, 0.05) is 6.61 Å². The molecule has 0 rings (SSSR count). The maximum Gasteiger partial charge on any atom is 0.105 e. The molecule has 0 aromatic rings. The van der Waals surface area contributed by atoms with Crippen LogP contribution in [0, 0.1) is 0 Å². The zero-order valence-electron chi connectivity index (χ0n) is 11.5. The highest BCUT2D eigenvalue weighted by Crippen LogP contribution is 2.10. The van der Waals surface area contributed by atoms with Gasteiger partial charge in [-0.15, -0.1) is 0 Å².